The third-order valence-corrected chi connectivity index (χ3v) is 7.38. The van der Waals surface area contributed by atoms with Crippen molar-refractivity contribution in [1.29, 1.82) is 0 Å². The molecule has 3 aromatic rings. The van der Waals surface area contributed by atoms with Gasteiger partial charge >= 0.3 is 0 Å². The first-order valence-corrected chi connectivity index (χ1v) is 11.8. The average Bonchev–Trinajstić information content (AvgIpc) is 2.74. The lowest BCUT2D eigenvalue weighted by Gasteiger charge is -2.34. The number of piperazine rings is 1. The number of rotatable bonds is 4. The van der Waals surface area contributed by atoms with Crippen LogP contribution in [0.2, 0.25) is 5.02 Å². The van der Waals surface area contributed by atoms with E-state index in [0.717, 1.165) is 11.1 Å². The highest BCUT2D eigenvalue weighted by molar-refractivity contribution is 7.89. The highest BCUT2D eigenvalue weighted by Gasteiger charge is 2.29. The van der Waals surface area contributed by atoms with Crippen LogP contribution in [0.3, 0.4) is 0 Å². The minimum Gasteiger partial charge on any atom is -0.353 e. The fourth-order valence-corrected chi connectivity index (χ4v) is 5.46. The van der Waals surface area contributed by atoms with Crippen molar-refractivity contribution in [2.24, 2.45) is 0 Å². The van der Waals surface area contributed by atoms with Crippen LogP contribution in [0.15, 0.2) is 64.3 Å². The molecule has 0 N–H and O–H groups in total. The Hall–Kier alpha value is -2.68. The lowest BCUT2D eigenvalue weighted by atomic mass is 10.2. The van der Waals surface area contributed by atoms with Crippen molar-refractivity contribution in [3.8, 4) is 5.69 Å². The molecule has 0 bridgehead atoms. The molecular weight excluding hydrogens is 436 g/mol. The molecule has 9 heteroatoms. The molecule has 0 radical (unpaired) electrons. The number of sulfonamides is 1. The standard InChI is InChI=1S/C22H23ClN4O3S/c1-16-13-17(2)15-20(14-16)31(29,30)26-11-9-25(10-12-26)21-7-8-22(28)27(24-21)19-5-3-18(23)4-6-19/h3-8,13-15H,9-12H2,1-2H3. The predicted octanol–water partition coefficient (Wildman–Crippen LogP) is 3.01. The van der Waals surface area contributed by atoms with Crippen molar-refractivity contribution in [3.05, 3.63) is 81.1 Å². The Morgan fingerprint density at radius 1 is 0.871 bits per heavy atom. The highest BCUT2D eigenvalue weighted by Crippen LogP contribution is 2.22. The second kappa shape index (κ2) is 8.45. The topological polar surface area (TPSA) is 75.5 Å². The normalized spacial score (nSPS) is 15.3. The number of anilines is 1. The maximum atomic E-state index is 13.1. The molecule has 1 saturated heterocycles. The maximum absolute atomic E-state index is 13.1. The summed E-state index contributed by atoms with van der Waals surface area (Å²) in [5.41, 5.74) is 2.21. The molecule has 7 nitrogen and oxygen atoms in total. The molecule has 0 unspecified atom stereocenters. The van der Waals surface area contributed by atoms with Crippen molar-refractivity contribution < 1.29 is 8.42 Å². The molecule has 1 aliphatic heterocycles. The molecule has 2 heterocycles. The summed E-state index contributed by atoms with van der Waals surface area (Å²) in [5, 5.41) is 5.06. The van der Waals surface area contributed by atoms with E-state index in [1.807, 2.05) is 24.8 Å². The fraction of sp³-hybridized carbons (Fsp3) is 0.273. The quantitative estimate of drug-likeness (QED) is 0.600. The van der Waals surface area contributed by atoms with Crippen molar-refractivity contribution in [2.75, 3.05) is 31.1 Å². The Labute approximate surface area is 186 Å². The molecule has 1 aromatic heterocycles. The Morgan fingerprint density at radius 2 is 1.48 bits per heavy atom. The molecule has 1 fully saturated rings. The van der Waals surface area contributed by atoms with Gasteiger partial charge in [0.2, 0.25) is 10.0 Å². The first kappa shape index (κ1) is 21.5. The Balaban J connectivity index is 1.53. The highest BCUT2D eigenvalue weighted by atomic mass is 35.5. The second-order valence-corrected chi connectivity index (χ2v) is 10.0. The van der Waals surface area contributed by atoms with Crippen LogP contribution in [0.5, 0.6) is 0 Å². The van der Waals surface area contributed by atoms with Gasteiger partial charge in [-0.25, -0.2) is 8.42 Å². The van der Waals surface area contributed by atoms with Gasteiger partial charge in [0.1, 0.15) is 5.82 Å². The number of aromatic nitrogens is 2. The number of hydrogen-bond donors (Lipinski definition) is 0. The number of benzene rings is 2. The van der Waals surface area contributed by atoms with Crippen molar-refractivity contribution >= 4 is 27.4 Å². The maximum Gasteiger partial charge on any atom is 0.271 e. The fourth-order valence-electron chi connectivity index (χ4n) is 3.73. The molecule has 0 saturated carbocycles. The van der Waals surface area contributed by atoms with Gasteiger partial charge in [-0.1, -0.05) is 17.7 Å². The first-order chi connectivity index (χ1) is 14.7. The van der Waals surface area contributed by atoms with E-state index in [1.165, 1.54) is 15.1 Å². The van der Waals surface area contributed by atoms with Gasteiger partial charge in [-0.3, -0.25) is 4.79 Å². The Bertz CT molecular complexity index is 1240. The SMILES string of the molecule is Cc1cc(C)cc(S(=O)(=O)N2CCN(c3ccc(=O)n(-c4ccc(Cl)cc4)n3)CC2)c1. The van der Waals surface area contributed by atoms with Gasteiger partial charge in [0, 0.05) is 37.3 Å². The van der Waals surface area contributed by atoms with E-state index in [9.17, 15) is 13.2 Å². The molecule has 0 atom stereocenters. The average molecular weight is 459 g/mol. The zero-order chi connectivity index (χ0) is 22.2. The van der Waals surface area contributed by atoms with Gasteiger partial charge in [-0.2, -0.15) is 8.99 Å². The summed E-state index contributed by atoms with van der Waals surface area (Å²) in [6.07, 6.45) is 0. The van der Waals surface area contributed by atoms with E-state index in [2.05, 4.69) is 5.10 Å². The van der Waals surface area contributed by atoms with Crippen LogP contribution in [0.1, 0.15) is 11.1 Å². The van der Waals surface area contributed by atoms with Gasteiger partial charge in [0.15, 0.2) is 0 Å². The lowest BCUT2D eigenvalue weighted by molar-refractivity contribution is 0.383. The van der Waals surface area contributed by atoms with Crippen LogP contribution in [-0.2, 0) is 10.0 Å². The molecule has 162 valence electrons. The van der Waals surface area contributed by atoms with Gasteiger partial charge in [-0.15, -0.1) is 5.10 Å². The van der Waals surface area contributed by atoms with E-state index in [1.54, 1.807) is 42.5 Å². The van der Waals surface area contributed by atoms with Gasteiger partial charge < -0.3 is 4.90 Å². The van der Waals surface area contributed by atoms with Crippen LogP contribution in [0, 0.1) is 13.8 Å². The number of hydrogen-bond acceptors (Lipinski definition) is 5. The molecule has 0 aliphatic carbocycles. The van der Waals surface area contributed by atoms with E-state index in [-0.39, 0.29) is 5.56 Å². The second-order valence-electron chi connectivity index (χ2n) is 7.63. The summed E-state index contributed by atoms with van der Waals surface area (Å²) in [6.45, 7) is 5.44. The Morgan fingerprint density at radius 3 is 2.10 bits per heavy atom. The number of nitrogens with zero attached hydrogens (tertiary/aromatic N) is 4. The zero-order valence-corrected chi connectivity index (χ0v) is 18.9. The predicted molar refractivity (Wildman–Crippen MR) is 122 cm³/mol. The van der Waals surface area contributed by atoms with Gasteiger partial charge in [0.25, 0.3) is 5.56 Å². The third-order valence-electron chi connectivity index (χ3n) is 5.25. The minimum absolute atomic E-state index is 0.248. The smallest absolute Gasteiger partial charge is 0.271 e. The summed E-state index contributed by atoms with van der Waals surface area (Å²) < 4.78 is 29.0. The van der Waals surface area contributed by atoms with Crippen molar-refractivity contribution in [2.45, 2.75) is 18.7 Å². The van der Waals surface area contributed by atoms with Crippen LogP contribution in [0.25, 0.3) is 5.69 Å². The summed E-state index contributed by atoms with van der Waals surface area (Å²) in [5.74, 6) is 0.623. The summed E-state index contributed by atoms with van der Waals surface area (Å²) in [6, 6.07) is 15.4. The molecule has 0 spiro atoms. The third kappa shape index (κ3) is 4.51. The minimum atomic E-state index is -3.56. The molecule has 31 heavy (non-hydrogen) atoms. The van der Waals surface area contributed by atoms with E-state index >= 15 is 0 Å². The summed E-state index contributed by atoms with van der Waals surface area (Å²) in [7, 11) is -3.56. The van der Waals surface area contributed by atoms with E-state index < -0.39 is 10.0 Å². The van der Waals surface area contributed by atoms with E-state index in [4.69, 9.17) is 11.6 Å². The van der Waals surface area contributed by atoms with Crippen molar-refractivity contribution in [1.82, 2.24) is 14.1 Å². The van der Waals surface area contributed by atoms with Crippen LogP contribution < -0.4 is 10.5 Å². The molecule has 1 aliphatic rings. The van der Waals surface area contributed by atoms with Crippen molar-refractivity contribution in [3.63, 3.8) is 0 Å². The van der Waals surface area contributed by atoms with Gasteiger partial charge in [-0.05, 0) is 67.4 Å². The molecular formula is C22H23ClN4O3S. The number of halogens is 1. The van der Waals surface area contributed by atoms with Crippen LogP contribution in [0.4, 0.5) is 5.82 Å². The van der Waals surface area contributed by atoms with Crippen LogP contribution in [-0.4, -0.2) is 48.7 Å². The zero-order valence-electron chi connectivity index (χ0n) is 17.3. The monoisotopic (exact) mass is 458 g/mol. The lowest BCUT2D eigenvalue weighted by Crippen LogP contribution is -2.49. The molecule has 2 aromatic carbocycles. The molecule has 0 amide bonds. The molecule has 4 rings (SSSR count). The first-order valence-electron chi connectivity index (χ1n) is 9.94. The Kier molecular flexibility index (Phi) is 5.88. The summed E-state index contributed by atoms with van der Waals surface area (Å²) >= 11 is 5.93. The van der Waals surface area contributed by atoms with Gasteiger partial charge in [0.05, 0.1) is 10.6 Å². The summed E-state index contributed by atoms with van der Waals surface area (Å²) in [4.78, 5) is 14.6. The largest absolute Gasteiger partial charge is 0.353 e. The van der Waals surface area contributed by atoms with E-state index in [0.29, 0.717) is 47.6 Å². The van der Waals surface area contributed by atoms with Crippen LogP contribution >= 0.6 is 11.6 Å². The number of aryl methyl sites for hydroxylation is 2.